The molecule has 9 heteroatoms. The lowest BCUT2D eigenvalue weighted by Gasteiger charge is -2.46. The van der Waals surface area contributed by atoms with Crippen molar-refractivity contribution in [1.29, 1.82) is 0 Å². The van der Waals surface area contributed by atoms with Crippen LogP contribution in [0.5, 0.6) is 23.0 Å². The summed E-state index contributed by atoms with van der Waals surface area (Å²) in [7, 11) is 0. The maximum atomic E-state index is 7.79. The summed E-state index contributed by atoms with van der Waals surface area (Å²) in [4.78, 5) is 7.87. The topological polar surface area (TPSA) is 40.2 Å². The van der Waals surface area contributed by atoms with Gasteiger partial charge < -0.3 is 29.5 Å². The Morgan fingerprint density at radius 2 is 0.680 bits per heavy atom. The summed E-state index contributed by atoms with van der Waals surface area (Å²) in [6.07, 6.45) is 2.93. The van der Waals surface area contributed by atoms with Gasteiger partial charge in [0.1, 0.15) is 23.0 Å². The van der Waals surface area contributed by atoms with Gasteiger partial charge in [-0.25, -0.2) is 0 Å². The Kier molecular flexibility index (Phi) is 15.4. The molecule has 16 rings (SSSR count). The zero-order valence-electron chi connectivity index (χ0n) is 66.0. The Labute approximate surface area is 617 Å². The van der Waals surface area contributed by atoms with Gasteiger partial charge in [0.25, 0.3) is 20.1 Å². The number of aryl methyl sites for hydroxylation is 3. The Hall–Kier alpha value is -8.81. The van der Waals surface area contributed by atoms with E-state index in [0.29, 0.717) is 0 Å². The normalized spacial score (nSPS) is 14.8. The van der Waals surface area contributed by atoms with Crippen molar-refractivity contribution < 1.29 is 9.47 Å². The molecule has 6 aliphatic heterocycles. The molecule has 10 aromatic rings. The quantitative estimate of drug-likeness (QED) is 0.145. The van der Waals surface area contributed by atoms with Gasteiger partial charge in [-0.1, -0.05) is 224 Å². The predicted octanol–water partition coefficient (Wildman–Crippen LogP) is 20.0. The molecule has 0 unspecified atom stereocenters. The third-order valence-electron chi connectivity index (χ3n) is 25.3. The van der Waals surface area contributed by atoms with Gasteiger partial charge >= 0.3 is 0 Å². The zero-order valence-corrected chi connectivity index (χ0v) is 66.0. The first-order valence-corrected chi connectivity index (χ1v) is 38.4. The third-order valence-corrected chi connectivity index (χ3v) is 25.3. The Morgan fingerprint density at radius 1 is 0.301 bits per heavy atom. The molecule has 0 aliphatic carbocycles. The van der Waals surface area contributed by atoms with Crippen LogP contribution in [0.3, 0.4) is 0 Å². The summed E-state index contributed by atoms with van der Waals surface area (Å²) in [5.41, 5.74) is 36.4. The molecule has 0 saturated heterocycles. The molecule has 0 bridgehead atoms. The number of hydrogen-bond acceptors (Lipinski definition) is 6. The second-order valence-corrected chi connectivity index (χ2v) is 37.4. The number of benzene rings is 10. The summed E-state index contributed by atoms with van der Waals surface area (Å²) in [5.74, 6) is 3.48. The summed E-state index contributed by atoms with van der Waals surface area (Å²) < 4.78 is 15.4. The molecule has 0 atom stereocenters. The Morgan fingerprint density at radius 3 is 1.14 bits per heavy atom. The maximum absolute atomic E-state index is 7.79. The van der Waals surface area contributed by atoms with Crippen LogP contribution in [-0.2, 0) is 37.9 Å². The molecule has 103 heavy (non-hydrogen) atoms. The van der Waals surface area contributed by atoms with Crippen molar-refractivity contribution in [2.45, 2.75) is 223 Å². The molecule has 0 fully saturated rings. The van der Waals surface area contributed by atoms with E-state index in [2.05, 4.69) is 344 Å². The fourth-order valence-corrected chi connectivity index (χ4v) is 17.6. The molecule has 1 N–H and O–H groups in total. The second-order valence-electron chi connectivity index (χ2n) is 37.4. The SMILES string of the molecule is CCC(C)(C)c1cc2c3c(c1)Oc1cc4c(cc1B3c1cc3c(cc1O2)Nc1cc(C(C)(C)CC)cc2c1B3c1cc(C(C)(C)C)ccc1N2c1ccc(C(C)(C)C)cc1)B1c2cc(C(C)(C)C)ccc2N(c2ccc(C(C)(C)C)cc2)c2cc(C(C)(C)CC)cc(c21)N4c1c(C)cc(C)cc1C. The minimum atomic E-state index is -0.256. The summed E-state index contributed by atoms with van der Waals surface area (Å²) >= 11 is 0. The fraction of sp³-hybridized carbons (Fsp3) is 0.362. The first-order chi connectivity index (χ1) is 48.4. The van der Waals surface area contributed by atoms with E-state index in [1.54, 1.807) is 0 Å². The first kappa shape index (κ1) is 68.6. The van der Waals surface area contributed by atoms with Gasteiger partial charge in [0, 0.05) is 74.5 Å². The van der Waals surface area contributed by atoms with Crippen LogP contribution in [0.4, 0.5) is 62.6 Å². The number of rotatable bonds is 9. The molecule has 0 amide bonds. The van der Waals surface area contributed by atoms with E-state index in [4.69, 9.17) is 9.47 Å². The monoisotopic (exact) mass is 1350 g/mol. The van der Waals surface area contributed by atoms with E-state index in [1.807, 2.05) is 0 Å². The summed E-state index contributed by atoms with van der Waals surface area (Å²) in [6.45, 7) is 55.8. The van der Waals surface area contributed by atoms with Crippen molar-refractivity contribution in [2.75, 3.05) is 20.0 Å². The summed E-state index contributed by atoms with van der Waals surface area (Å²) in [6, 6.07) is 63.4. The van der Waals surface area contributed by atoms with Crippen molar-refractivity contribution in [3.63, 3.8) is 0 Å². The highest BCUT2D eigenvalue weighted by Gasteiger charge is 2.51. The molecule has 0 aromatic heterocycles. The van der Waals surface area contributed by atoms with Gasteiger partial charge in [0.05, 0.1) is 5.69 Å². The molecule has 6 heterocycles. The van der Waals surface area contributed by atoms with Crippen molar-refractivity contribution >= 4 is 132 Å². The van der Waals surface area contributed by atoms with E-state index in [9.17, 15) is 0 Å². The molecule has 522 valence electrons. The van der Waals surface area contributed by atoms with E-state index >= 15 is 0 Å². The minimum Gasteiger partial charge on any atom is -0.458 e. The van der Waals surface area contributed by atoms with E-state index in [1.165, 1.54) is 123 Å². The van der Waals surface area contributed by atoms with E-state index in [-0.39, 0.29) is 58.0 Å². The largest absolute Gasteiger partial charge is 0.458 e. The molecule has 0 saturated carbocycles. The van der Waals surface area contributed by atoms with Gasteiger partial charge in [-0.15, -0.1) is 0 Å². The number of fused-ring (bicyclic) bond motifs is 12. The van der Waals surface area contributed by atoms with Crippen LogP contribution >= 0.6 is 0 Å². The number of anilines is 11. The van der Waals surface area contributed by atoms with E-state index in [0.717, 1.165) is 87.1 Å². The highest BCUT2D eigenvalue weighted by atomic mass is 16.5. The number of ether oxygens (including phenoxy) is 2. The first-order valence-electron chi connectivity index (χ1n) is 38.4. The molecular weight excluding hydrogens is 1250 g/mol. The van der Waals surface area contributed by atoms with Crippen molar-refractivity contribution in [3.8, 4) is 23.0 Å². The maximum Gasteiger partial charge on any atom is 0.260 e. The smallest absolute Gasteiger partial charge is 0.260 e. The minimum absolute atomic E-state index is 0.00672. The zero-order chi connectivity index (χ0) is 73.2. The lowest BCUT2D eigenvalue weighted by Crippen LogP contribution is -2.65. The average Bonchev–Trinajstić information content (AvgIpc) is 0.688. The van der Waals surface area contributed by atoms with Crippen LogP contribution in [0, 0.1) is 20.8 Å². The number of hydrogen-bond donors (Lipinski definition) is 1. The van der Waals surface area contributed by atoms with Gasteiger partial charge in [-0.2, -0.15) is 0 Å². The lowest BCUT2D eigenvalue weighted by molar-refractivity contribution is 0.452. The Bertz CT molecular complexity index is 5200. The van der Waals surface area contributed by atoms with Crippen molar-refractivity contribution in [3.05, 3.63) is 213 Å². The molecular formula is C94H105B3N4O2. The molecule has 10 aromatic carbocycles. The molecule has 6 aliphatic rings. The number of nitrogens with zero attached hydrogens (tertiary/aromatic N) is 3. The summed E-state index contributed by atoms with van der Waals surface area (Å²) in [5, 5.41) is 4.22. The van der Waals surface area contributed by atoms with Crippen LogP contribution in [-0.4, -0.2) is 20.1 Å². The highest BCUT2D eigenvalue weighted by molar-refractivity contribution is 7.03. The predicted molar refractivity (Wildman–Crippen MR) is 446 cm³/mol. The van der Waals surface area contributed by atoms with Gasteiger partial charge in [-0.05, 0) is 245 Å². The van der Waals surface area contributed by atoms with Crippen LogP contribution in [0.1, 0.15) is 220 Å². The Balaban J connectivity index is 0.989. The highest BCUT2D eigenvalue weighted by Crippen LogP contribution is 2.52. The van der Waals surface area contributed by atoms with Gasteiger partial charge in [-0.3, -0.25) is 0 Å². The molecule has 0 spiro atoms. The molecule has 6 nitrogen and oxygen atoms in total. The van der Waals surface area contributed by atoms with Gasteiger partial charge in [0.2, 0.25) is 0 Å². The second kappa shape index (κ2) is 23.1. The van der Waals surface area contributed by atoms with Crippen molar-refractivity contribution in [2.24, 2.45) is 0 Å². The fourth-order valence-electron chi connectivity index (χ4n) is 17.6. The van der Waals surface area contributed by atoms with Crippen LogP contribution in [0.15, 0.2) is 158 Å². The third kappa shape index (κ3) is 10.8. The standard InChI is InChI=1S/C94H105B3N4O2/c1-25-92(19,20)61-44-73-84-77(45-61)99(64-34-28-57(29-35-64)88(7,8)9)74-38-32-59(90(13,14)15)42-67(74)95(84)66-50-70-80(52-72(66)98-73)102-82-48-63(94(23,24)27-3)49-83-86(82)97(70)71-51-69-76(53-81(71)103-83)101(87-55(5)40-54(4)41-56(87)6)79-47-62(93(21,22)26-2)46-78-85(79)96(69)68-43-60(91(16,17)18)33-39-75(68)100(78)65-36-30-58(31-37-65)89(10,11)12/h28-53,98H,25-27H2,1-24H3. The van der Waals surface area contributed by atoms with Gasteiger partial charge in [0.15, 0.2) is 0 Å². The lowest BCUT2D eigenvalue weighted by atomic mass is 9.29. The van der Waals surface area contributed by atoms with Crippen LogP contribution in [0.2, 0.25) is 0 Å². The number of nitrogens with one attached hydrogen (secondary N) is 1. The average molecular weight is 1360 g/mol. The van der Waals surface area contributed by atoms with E-state index < -0.39 is 0 Å². The molecule has 0 radical (unpaired) electrons. The van der Waals surface area contributed by atoms with Crippen molar-refractivity contribution in [1.82, 2.24) is 0 Å². The van der Waals surface area contributed by atoms with Crippen LogP contribution in [0.25, 0.3) is 0 Å². The van der Waals surface area contributed by atoms with Crippen LogP contribution < -0.4 is 78.7 Å².